The first-order valence-electron chi connectivity index (χ1n) is 6.99. The van der Waals surface area contributed by atoms with Crippen molar-refractivity contribution in [1.82, 2.24) is 14.6 Å². The molecule has 4 rings (SSSR count). The number of fused-ring (bicyclic) bond motifs is 1. The first kappa shape index (κ1) is 12.7. The first-order chi connectivity index (χ1) is 10.2. The molecule has 0 N–H and O–H groups in total. The predicted octanol–water partition coefficient (Wildman–Crippen LogP) is 4.36. The molecule has 0 aliphatic heterocycles. The first-order valence-corrected chi connectivity index (χ1v) is 7.37. The van der Waals surface area contributed by atoms with Crippen LogP contribution in [0.3, 0.4) is 0 Å². The molecule has 0 radical (unpaired) electrons. The van der Waals surface area contributed by atoms with Crippen molar-refractivity contribution < 1.29 is 4.74 Å². The third kappa shape index (κ3) is 2.25. The van der Waals surface area contributed by atoms with Gasteiger partial charge >= 0.3 is 0 Å². The lowest BCUT2D eigenvalue weighted by Crippen LogP contribution is -1.96. The molecule has 1 fully saturated rings. The molecule has 0 spiro atoms. The summed E-state index contributed by atoms with van der Waals surface area (Å²) in [4.78, 5) is 4.36. The van der Waals surface area contributed by atoms with Gasteiger partial charge in [0.1, 0.15) is 5.75 Å². The van der Waals surface area contributed by atoms with Gasteiger partial charge < -0.3 is 4.74 Å². The van der Waals surface area contributed by atoms with Crippen LogP contribution >= 0.6 is 11.6 Å². The minimum atomic E-state index is 0.435. The zero-order valence-corrected chi connectivity index (χ0v) is 12.3. The largest absolute Gasteiger partial charge is 0.452 e. The minimum Gasteiger partial charge on any atom is -0.452 e. The Balaban J connectivity index is 1.70. The zero-order valence-electron chi connectivity index (χ0n) is 11.6. The van der Waals surface area contributed by atoms with Gasteiger partial charge in [-0.2, -0.15) is 9.61 Å². The molecule has 2 aromatic heterocycles. The van der Waals surface area contributed by atoms with Gasteiger partial charge in [0.05, 0.1) is 12.4 Å². The lowest BCUT2D eigenvalue weighted by Gasteiger charge is -2.09. The van der Waals surface area contributed by atoms with Crippen LogP contribution in [-0.2, 0) is 0 Å². The maximum atomic E-state index is 6.35. The maximum absolute atomic E-state index is 6.35. The summed E-state index contributed by atoms with van der Waals surface area (Å²) in [6.45, 7) is 1.95. The Morgan fingerprint density at radius 2 is 2.14 bits per heavy atom. The third-order valence-corrected chi connectivity index (χ3v) is 4.09. The smallest absolute Gasteiger partial charge is 0.183 e. The summed E-state index contributed by atoms with van der Waals surface area (Å²) < 4.78 is 7.48. The van der Waals surface area contributed by atoms with Gasteiger partial charge in [0.25, 0.3) is 0 Å². The minimum absolute atomic E-state index is 0.435. The Morgan fingerprint density at radius 1 is 1.29 bits per heavy atom. The van der Waals surface area contributed by atoms with E-state index in [1.807, 2.05) is 19.1 Å². The molecule has 0 saturated heterocycles. The molecule has 1 aromatic carbocycles. The van der Waals surface area contributed by atoms with Crippen molar-refractivity contribution in [2.45, 2.75) is 25.7 Å². The molecular formula is C16H14ClN3O. The molecule has 1 aliphatic carbocycles. The van der Waals surface area contributed by atoms with Gasteiger partial charge in [-0.15, -0.1) is 0 Å². The molecule has 21 heavy (non-hydrogen) atoms. The van der Waals surface area contributed by atoms with Gasteiger partial charge in [-0.3, -0.25) is 0 Å². The number of ether oxygens (including phenoxy) is 1. The van der Waals surface area contributed by atoms with Crippen LogP contribution in [0.1, 0.15) is 29.9 Å². The summed E-state index contributed by atoms with van der Waals surface area (Å²) in [5.74, 6) is 1.99. The second-order valence-electron chi connectivity index (χ2n) is 5.43. The van der Waals surface area contributed by atoms with E-state index in [2.05, 4.69) is 22.2 Å². The Kier molecular flexibility index (Phi) is 2.86. The van der Waals surface area contributed by atoms with Crippen molar-refractivity contribution in [3.63, 3.8) is 0 Å². The van der Waals surface area contributed by atoms with Crippen LogP contribution in [0.15, 0.2) is 36.7 Å². The average Bonchev–Trinajstić information content (AvgIpc) is 3.27. The molecule has 0 atom stereocenters. The van der Waals surface area contributed by atoms with Crippen molar-refractivity contribution in [2.75, 3.05) is 0 Å². The Hall–Kier alpha value is -2.07. The quantitative estimate of drug-likeness (QED) is 0.675. The second kappa shape index (κ2) is 4.74. The van der Waals surface area contributed by atoms with Crippen LogP contribution in [0, 0.1) is 6.92 Å². The highest BCUT2D eigenvalue weighted by Crippen LogP contribution is 2.41. The lowest BCUT2D eigenvalue weighted by molar-refractivity contribution is 0.475. The fraction of sp³-hybridized carbons (Fsp3) is 0.250. The lowest BCUT2D eigenvalue weighted by atomic mass is 10.1. The molecule has 4 nitrogen and oxygen atoms in total. The number of nitrogens with zero attached hydrogens (tertiary/aromatic N) is 3. The number of hydrogen-bond donors (Lipinski definition) is 0. The molecule has 106 valence electrons. The van der Waals surface area contributed by atoms with E-state index in [-0.39, 0.29) is 0 Å². The van der Waals surface area contributed by atoms with Crippen molar-refractivity contribution in [1.29, 1.82) is 0 Å². The van der Waals surface area contributed by atoms with Crippen LogP contribution in [-0.4, -0.2) is 14.6 Å². The van der Waals surface area contributed by atoms with Gasteiger partial charge in [-0.1, -0.05) is 23.7 Å². The van der Waals surface area contributed by atoms with Gasteiger partial charge in [0, 0.05) is 5.56 Å². The zero-order chi connectivity index (χ0) is 14.4. The predicted molar refractivity (Wildman–Crippen MR) is 81.2 cm³/mol. The molecular weight excluding hydrogens is 286 g/mol. The molecule has 1 aliphatic rings. The van der Waals surface area contributed by atoms with E-state index in [9.17, 15) is 0 Å². The summed E-state index contributed by atoms with van der Waals surface area (Å²) in [5, 5.41) is 4.65. The van der Waals surface area contributed by atoms with Crippen LogP contribution in [0.4, 0.5) is 0 Å². The van der Waals surface area contributed by atoms with Gasteiger partial charge in [-0.25, -0.2) is 4.98 Å². The van der Waals surface area contributed by atoms with Crippen LogP contribution in [0.5, 0.6) is 11.5 Å². The van der Waals surface area contributed by atoms with E-state index >= 15 is 0 Å². The van der Waals surface area contributed by atoms with E-state index in [0.29, 0.717) is 16.8 Å². The van der Waals surface area contributed by atoms with Crippen molar-refractivity contribution >= 4 is 17.2 Å². The van der Waals surface area contributed by atoms with E-state index in [1.165, 1.54) is 18.4 Å². The van der Waals surface area contributed by atoms with Gasteiger partial charge in [0.2, 0.25) is 0 Å². The van der Waals surface area contributed by atoms with Crippen molar-refractivity contribution in [2.24, 2.45) is 0 Å². The number of benzene rings is 1. The van der Waals surface area contributed by atoms with Crippen LogP contribution in [0.2, 0.25) is 5.15 Å². The summed E-state index contributed by atoms with van der Waals surface area (Å²) in [7, 11) is 0. The average molecular weight is 300 g/mol. The second-order valence-corrected chi connectivity index (χ2v) is 5.78. The number of hydrogen-bond acceptors (Lipinski definition) is 3. The van der Waals surface area contributed by atoms with Gasteiger partial charge in [-0.05, 0) is 43.4 Å². The molecule has 0 unspecified atom stereocenters. The summed E-state index contributed by atoms with van der Waals surface area (Å²) in [6, 6.07) is 8.17. The highest BCUT2D eigenvalue weighted by atomic mass is 35.5. The number of rotatable bonds is 3. The number of aryl methyl sites for hydroxylation is 1. The number of aromatic nitrogens is 3. The summed E-state index contributed by atoms with van der Waals surface area (Å²) in [6.07, 6.45) is 5.93. The highest BCUT2D eigenvalue weighted by Gasteiger charge is 2.23. The fourth-order valence-electron chi connectivity index (χ4n) is 2.45. The van der Waals surface area contributed by atoms with Crippen molar-refractivity contribution in [3.8, 4) is 11.5 Å². The fourth-order valence-corrected chi connectivity index (χ4v) is 2.66. The molecule has 3 aromatic rings. The van der Waals surface area contributed by atoms with Crippen molar-refractivity contribution in [3.05, 3.63) is 52.9 Å². The van der Waals surface area contributed by atoms with E-state index in [1.54, 1.807) is 16.9 Å². The Labute approximate surface area is 127 Å². The molecule has 0 bridgehead atoms. The molecule has 1 saturated carbocycles. The molecule has 2 heterocycles. The van der Waals surface area contributed by atoms with E-state index in [4.69, 9.17) is 16.3 Å². The number of halogens is 1. The van der Waals surface area contributed by atoms with E-state index in [0.717, 1.165) is 17.0 Å². The standard InChI is InChI=1S/C16H14ClN3O/c1-10-8-19-20-15(17)14(9-18-16(10)20)21-13-4-2-3-12(7-13)11-5-6-11/h2-4,7-9,11H,5-6H2,1H3. The Bertz CT molecular complexity index is 824. The topological polar surface area (TPSA) is 39.4 Å². The summed E-state index contributed by atoms with van der Waals surface area (Å²) in [5.41, 5.74) is 3.06. The molecule has 5 heteroatoms. The summed E-state index contributed by atoms with van der Waals surface area (Å²) >= 11 is 6.35. The van der Waals surface area contributed by atoms with E-state index < -0.39 is 0 Å². The van der Waals surface area contributed by atoms with Crippen LogP contribution in [0.25, 0.3) is 5.65 Å². The monoisotopic (exact) mass is 299 g/mol. The third-order valence-electron chi connectivity index (χ3n) is 3.75. The molecule has 0 amide bonds. The van der Waals surface area contributed by atoms with Crippen LogP contribution < -0.4 is 4.74 Å². The maximum Gasteiger partial charge on any atom is 0.183 e. The Morgan fingerprint density at radius 3 is 2.95 bits per heavy atom. The SMILES string of the molecule is Cc1cnn2c(Cl)c(Oc3cccc(C4CC4)c3)cnc12. The normalized spacial score (nSPS) is 14.6. The van der Waals surface area contributed by atoms with Gasteiger partial charge in [0.15, 0.2) is 16.5 Å². The highest BCUT2D eigenvalue weighted by molar-refractivity contribution is 6.31.